The summed E-state index contributed by atoms with van der Waals surface area (Å²) in [6.07, 6.45) is -21.1. The number of aliphatic hydroxyl groups is 10. The van der Waals surface area contributed by atoms with Gasteiger partial charge in [-0.25, -0.2) is 0 Å². The Morgan fingerprint density at radius 1 is 0.667 bits per heavy atom. The van der Waals surface area contributed by atoms with E-state index in [2.05, 4.69) is 0 Å². The van der Waals surface area contributed by atoms with Crippen LogP contribution in [0, 0.1) is 0 Å². The minimum atomic E-state index is -1.93. The lowest BCUT2D eigenvalue weighted by Gasteiger charge is -2.46. The molecule has 0 aliphatic carbocycles. The third-order valence-corrected chi connectivity index (χ3v) is 4.63. The van der Waals surface area contributed by atoms with Gasteiger partial charge in [0, 0.05) is 0 Å². The van der Waals surface area contributed by atoms with Crippen molar-refractivity contribution in [3.8, 4) is 0 Å². The summed E-state index contributed by atoms with van der Waals surface area (Å²) >= 11 is 0. The number of hydrogen-bond acceptors (Lipinski definition) is 13. The predicted octanol–water partition coefficient (Wildman–Crippen LogP) is -6.68. The van der Waals surface area contributed by atoms with Crippen LogP contribution in [0.4, 0.5) is 0 Å². The molecule has 160 valence electrons. The maximum atomic E-state index is 10.2. The van der Waals surface area contributed by atoms with Gasteiger partial charge in [-0.15, -0.1) is 0 Å². The third kappa shape index (κ3) is 4.56. The van der Waals surface area contributed by atoms with Crippen molar-refractivity contribution in [1.82, 2.24) is 0 Å². The average molecular weight is 402 g/mol. The summed E-state index contributed by atoms with van der Waals surface area (Å²) in [5, 5.41) is 97.0. The molecule has 10 N–H and O–H groups in total. The number of aliphatic hydroxyl groups excluding tert-OH is 10. The van der Waals surface area contributed by atoms with E-state index in [-0.39, 0.29) is 0 Å². The van der Waals surface area contributed by atoms with E-state index < -0.39 is 86.8 Å². The molecule has 13 nitrogen and oxygen atoms in total. The molecule has 2 heterocycles. The van der Waals surface area contributed by atoms with Crippen molar-refractivity contribution in [2.75, 3.05) is 13.2 Å². The molecule has 2 unspecified atom stereocenters. The number of hydrogen-bond donors (Lipinski definition) is 10. The van der Waals surface area contributed by atoms with Crippen LogP contribution in [0.25, 0.3) is 0 Å². The summed E-state index contributed by atoms with van der Waals surface area (Å²) in [6, 6.07) is 0. The first-order valence-corrected chi connectivity index (χ1v) is 8.26. The molecule has 0 radical (unpaired) electrons. The van der Waals surface area contributed by atoms with E-state index in [0.29, 0.717) is 0 Å². The van der Waals surface area contributed by atoms with Crippen LogP contribution < -0.4 is 0 Å². The number of rotatable bonds is 6. The van der Waals surface area contributed by atoms with Crippen LogP contribution in [0.3, 0.4) is 0 Å². The third-order valence-electron chi connectivity index (χ3n) is 4.63. The topological polar surface area (TPSA) is 230 Å². The Balaban J connectivity index is 2.18. The summed E-state index contributed by atoms with van der Waals surface area (Å²) in [5.74, 6) is 0. The predicted molar refractivity (Wildman–Crippen MR) is 80.6 cm³/mol. The van der Waals surface area contributed by atoms with Crippen molar-refractivity contribution in [2.24, 2.45) is 0 Å². The number of ether oxygens (including phenoxy) is 3. The van der Waals surface area contributed by atoms with Crippen LogP contribution in [0.2, 0.25) is 0 Å². The molecule has 2 fully saturated rings. The zero-order chi connectivity index (χ0) is 20.5. The van der Waals surface area contributed by atoms with Crippen LogP contribution in [0.5, 0.6) is 0 Å². The minimum Gasteiger partial charge on any atom is -0.394 e. The molecular weight excluding hydrogens is 376 g/mol. The highest BCUT2D eigenvalue weighted by Gasteiger charge is 2.52. The van der Waals surface area contributed by atoms with Crippen molar-refractivity contribution in [2.45, 2.75) is 73.6 Å². The van der Waals surface area contributed by atoms with E-state index in [0.717, 1.165) is 0 Å². The Morgan fingerprint density at radius 3 is 1.70 bits per heavy atom. The van der Waals surface area contributed by atoms with Gasteiger partial charge in [0.05, 0.1) is 13.2 Å². The van der Waals surface area contributed by atoms with Gasteiger partial charge in [-0.2, -0.15) is 0 Å². The largest absolute Gasteiger partial charge is 0.394 e. The van der Waals surface area contributed by atoms with Crippen LogP contribution in [-0.4, -0.2) is 138 Å². The van der Waals surface area contributed by atoms with E-state index in [1.807, 2.05) is 0 Å². The van der Waals surface area contributed by atoms with Gasteiger partial charge in [0.25, 0.3) is 0 Å². The molecule has 13 heteroatoms. The second-order valence-corrected chi connectivity index (χ2v) is 6.51. The van der Waals surface area contributed by atoms with Crippen molar-refractivity contribution in [3.63, 3.8) is 0 Å². The first-order valence-electron chi connectivity index (χ1n) is 8.26. The highest BCUT2D eigenvalue weighted by atomic mass is 16.7. The Morgan fingerprint density at radius 2 is 1.19 bits per heavy atom. The van der Waals surface area contributed by atoms with Crippen molar-refractivity contribution >= 4 is 0 Å². The van der Waals surface area contributed by atoms with Gasteiger partial charge >= 0.3 is 0 Å². The lowest BCUT2D eigenvalue weighted by atomic mass is 9.93. The van der Waals surface area contributed by atoms with E-state index in [1.54, 1.807) is 0 Å². The lowest BCUT2D eigenvalue weighted by Crippen LogP contribution is -2.66. The minimum absolute atomic E-state index is 0.838. The molecule has 0 aromatic carbocycles. The first kappa shape index (κ1) is 22.8. The summed E-state index contributed by atoms with van der Waals surface area (Å²) < 4.78 is 15.2. The van der Waals surface area contributed by atoms with Gasteiger partial charge in [0.2, 0.25) is 0 Å². The fraction of sp³-hybridized carbons (Fsp3) is 1.00. The molecule has 12 atom stereocenters. The standard InChI is InChI=1S/C14H26O13/c15-1-3(17)10-6(20)5(19)7(21)14(26-10)27-12-8(22)11(4(18)2-16)25-13(24)9(12)23/h3-24H,1-2H2/t3-,4-,5-,6-,7-,8+,9-,10+,11+,12-,13?,14?/m0/s1. The van der Waals surface area contributed by atoms with Crippen molar-refractivity contribution in [3.05, 3.63) is 0 Å². The van der Waals surface area contributed by atoms with Crippen LogP contribution in [0.15, 0.2) is 0 Å². The summed E-state index contributed by atoms with van der Waals surface area (Å²) in [6.45, 7) is -1.68. The second kappa shape index (κ2) is 9.32. The second-order valence-electron chi connectivity index (χ2n) is 6.51. The quantitative estimate of drug-likeness (QED) is 0.199. The van der Waals surface area contributed by atoms with Crippen LogP contribution in [-0.2, 0) is 14.2 Å². The maximum absolute atomic E-state index is 10.2. The van der Waals surface area contributed by atoms with Gasteiger partial charge in [-0.1, -0.05) is 0 Å². The highest BCUT2D eigenvalue weighted by Crippen LogP contribution is 2.30. The van der Waals surface area contributed by atoms with E-state index in [4.69, 9.17) is 24.4 Å². The first-order chi connectivity index (χ1) is 12.6. The van der Waals surface area contributed by atoms with Crippen LogP contribution >= 0.6 is 0 Å². The van der Waals surface area contributed by atoms with E-state index in [9.17, 15) is 40.9 Å². The average Bonchev–Trinajstić information content (AvgIpc) is 2.66. The Bertz CT molecular complexity index is 466. The molecule has 2 saturated heterocycles. The molecule has 0 bridgehead atoms. The highest BCUT2D eigenvalue weighted by molar-refractivity contribution is 4.96. The zero-order valence-corrected chi connectivity index (χ0v) is 14.0. The molecule has 2 aliphatic heterocycles. The monoisotopic (exact) mass is 402 g/mol. The van der Waals surface area contributed by atoms with Gasteiger partial charge in [-0.3, -0.25) is 0 Å². The fourth-order valence-corrected chi connectivity index (χ4v) is 3.02. The Kier molecular flexibility index (Phi) is 7.86. The molecule has 0 amide bonds. The van der Waals surface area contributed by atoms with Gasteiger partial charge in [0.15, 0.2) is 12.6 Å². The van der Waals surface area contributed by atoms with Gasteiger partial charge < -0.3 is 65.3 Å². The molecule has 2 aliphatic rings. The van der Waals surface area contributed by atoms with Gasteiger partial charge in [-0.05, 0) is 0 Å². The van der Waals surface area contributed by atoms with Crippen molar-refractivity contribution in [1.29, 1.82) is 0 Å². The molecule has 0 aromatic heterocycles. The lowest BCUT2D eigenvalue weighted by molar-refractivity contribution is -0.363. The summed E-state index contributed by atoms with van der Waals surface area (Å²) in [4.78, 5) is 0. The molecule has 27 heavy (non-hydrogen) atoms. The molecule has 0 spiro atoms. The smallest absolute Gasteiger partial charge is 0.187 e. The zero-order valence-electron chi connectivity index (χ0n) is 14.0. The fourth-order valence-electron chi connectivity index (χ4n) is 3.02. The normalized spacial score (nSPS) is 48.2. The Labute approximate surface area is 153 Å². The maximum Gasteiger partial charge on any atom is 0.187 e. The molecule has 0 aromatic rings. The van der Waals surface area contributed by atoms with Gasteiger partial charge in [0.1, 0.15) is 61.0 Å². The Hall–Kier alpha value is -0.520. The molecule has 2 rings (SSSR count). The SMILES string of the molecule is OC[C@H](O)[C@H]1OC(O[C@H]2[C@H](O)[C@@H]([C@@H](O)CO)OC(O)[C@H]2O)[C@@H](O)[C@@H](O)[C@@H]1O. The van der Waals surface area contributed by atoms with E-state index in [1.165, 1.54) is 0 Å². The summed E-state index contributed by atoms with van der Waals surface area (Å²) in [7, 11) is 0. The van der Waals surface area contributed by atoms with Crippen molar-refractivity contribution < 1.29 is 65.3 Å². The van der Waals surface area contributed by atoms with Crippen LogP contribution in [0.1, 0.15) is 0 Å². The molecule has 0 saturated carbocycles. The van der Waals surface area contributed by atoms with E-state index >= 15 is 0 Å². The summed E-state index contributed by atoms with van der Waals surface area (Å²) in [5.41, 5.74) is 0. The molecular formula is C14H26O13.